The lowest BCUT2D eigenvalue weighted by molar-refractivity contribution is -0.143. The molecule has 0 unspecified atom stereocenters. The number of hydrogen-bond acceptors (Lipinski definition) is 2. The third kappa shape index (κ3) is 14.9. The first kappa shape index (κ1) is 23.9. The fourth-order valence-electron chi connectivity index (χ4n) is 3.06. The van der Waals surface area contributed by atoms with Gasteiger partial charge < -0.3 is 10.4 Å². The molecule has 0 rings (SSSR count). The molecular formula is C21H41NO3. The molecule has 2 N–H and O–H groups in total. The molecule has 0 aliphatic carbocycles. The molecule has 0 aliphatic rings. The summed E-state index contributed by atoms with van der Waals surface area (Å²) in [4.78, 5) is 22.8. The van der Waals surface area contributed by atoms with Crippen LogP contribution in [0, 0.1) is 5.92 Å². The Morgan fingerprint density at radius 3 is 1.52 bits per heavy atom. The van der Waals surface area contributed by atoms with Gasteiger partial charge in [-0.1, -0.05) is 97.8 Å². The van der Waals surface area contributed by atoms with Gasteiger partial charge in [-0.15, -0.1) is 0 Å². The van der Waals surface area contributed by atoms with Gasteiger partial charge in [0.1, 0.15) is 6.04 Å². The Labute approximate surface area is 155 Å². The maximum Gasteiger partial charge on any atom is 0.326 e. The molecule has 1 atom stereocenters. The molecule has 0 bridgehead atoms. The molecule has 1 amide bonds. The van der Waals surface area contributed by atoms with Crippen molar-refractivity contribution < 1.29 is 14.7 Å². The van der Waals surface area contributed by atoms with Crippen LogP contribution in [0.15, 0.2) is 0 Å². The highest BCUT2D eigenvalue weighted by Crippen LogP contribution is 2.13. The molecule has 0 saturated heterocycles. The number of carbonyl (C=O) groups excluding carboxylic acids is 1. The van der Waals surface area contributed by atoms with Crippen LogP contribution in [0.2, 0.25) is 0 Å². The van der Waals surface area contributed by atoms with E-state index in [1.807, 2.05) is 13.8 Å². The van der Waals surface area contributed by atoms with E-state index in [9.17, 15) is 9.59 Å². The molecule has 0 radical (unpaired) electrons. The molecular weight excluding hydrogens is 314 g/mol. The second-order valence-electron chi connectivity index (χ2n) is 7.62. The van der Waals surface area contributed by atoms with E-state index in [1.165, 1.54) is 70.6 Å². The molecule has 0 aromatic heterocycles. The third-order valence-electron chi connectivity index (χ3n) is 4.76. The van der Waals surface area contributed by atoms with E-state index in [1.54, 1.807) is 0 Å². The van der Waals surface area contributed by atoms with Crippen molar-refractivity contribution in [3.63, 3.8) is 0 Å². The third-order valence-corrected chi connectivity index (χ3v) is 4.76. The molecule has 0 heterocycles. The zero-order valence-corrected chi connectivity index (χ0v) is 16.8. The lowest BCUT2D eigenvalue weighted by atomic mass is 10.0. The van der Waals surface area contributed by atoms with Crippen LogP contribution in [-0.2, 0) is 9.59 Å². The molecule has 4 heteroatoms. The summed E-state index contributed by atoms with van der Waals surface area (Å²) in [6.07, 6.45) is 17.0. The molecule has 25 heavy (non-hydrogen) atoms. The summed E-state index contributed by atoms with van der Waals surface area (Å²) in [6, 6.07) is -0.769. The quantitative estimate of drug-likeness (QED) is 0.329. The Kier molecular flexibility index (Phi) is 15.7. The Hall–Kier alpha value is -1.06. The maximum absolute atomic E-state index is 11.8. The minimum Gasteiger partial charge on any atom is -0.480 e. The van der Waals surface area contributed by atoms with Crippen molar-refractivity contribution in [2.75, 3.05) is 0 Å². The largest absolute Gasteiger partial charge is 0.480 e. The Morgan fingerprint density at radius 2 is 1.16 bits per heavy atom. The summed E-state index contributed by atoms with van der Waals surface area (Å²) in [5.41, 5.74) is 0. The van der Waals surface area contributed by atoms with Crippen molar-refractivity contribution in [3.05, 3.63) is 0 Å². The summed E-state index contributed by atoms with van der Waals surface area (Å²) >= 11 is 0. The summed E-state index contributed by atoms with van der Waals surface area (Å²) < 4.78 is 0. The van der Waals surface area contributed by atoms with Gasteiger partial charge in [-0.2, -0.15) is 0 Å². The van der Waals surface area contributed by atoms with Gasteiger partial charge in [-0.3, -0.25) is 4.79 Å². The highest BCUT2D eigenvalue weighted by atomic mass is 16.4. The maximum atomic E-state index is 11.8. The van der Waals surface area contributed by atoms with Crippen molar-refractivity contribution in [2.45, 2.75) is 117 Å². The SMILES string of the molecule is CCCCCCCCCCCCCCCC(=O)N[C@H](C(=O)O)C(C)C. The number of carboxylic acid groups (broad SMARTS) is 1. The highest BCUT2D eigenvalue weighted by molar-refractivity contribution is 5.83. The number of carbonyl (C=O) groups is 2. The van der Waals surface area contributed by atoms with E-state index in [4.69, 9.17) is 5.11 Å². The molecule has 0 aromatic rings. The van der Waals surface area contributed by atoms with Crippen LogP contribution in [-0.4, -0.2) is 23.0 Å². The van der Waals surface area contributed by atoms with E-state index in [-0.39, 0.29) is 11.8 Å². The molecule has 0 aliphatic heterocycles. The predicted octanol–water partition coefficient (Wildman–Crippen LogP) is 5.69. The zero-order chi connectivity index (χ0) is 18.9. The topological polar surface area (TPSA) is 66.4 Å². The van der Waals surface area contributed by atoms with Gasteiger partial charge in [0.05, 0.1) is 0 Å². The minimum absolute atomic E-state index is 0.0897. The smallest absolute Gasteiger partial charge is 0.326 e. The summed E-state index contributed by atoms with van der Waals surface area (Å²) in [7, 11) is 0. The number of rotatable bonds is 17. The fraction of sp³-hybridized carbons (Fsp3) is 0.905. The average molecular weight is 356 g/mol. The van der Waals surface area contributed by atoms with Gasteiger partial charge in [0, 0.05) is 6.42 Å². The molecule has 4 nitrogen and oxygen atoms in total. The number of carboxylic acids is 1. The van der Waals surface area contributed by atoms with Crippen LogP contribution in [0.4, 0.5) is 0 Å². The van der Waals surface area contributed by atoms with Crippen molar-refractivity contribution in [1.82, 2.24) is 5.32 Å². The molecule has 148 valence electrons. The predicted molar refractivity (Wildman–Crippen MR) is 105 cm³/mol. The average Bonchev–Trinajstić information content (AvgIpc) is 2.56. The molecule has 0 saturated carbocycles. The Balaban J connectivity index is 3.40. The molecule has 0 aromatic carbocycles. The van der Waals surface area contributed by atoms with Gasteiger partial charge in [0.15, 0.2) is 0 Å². The Morgan fingerprint density at radius 1 is 0.760 bits per heavy atom. The lowest BCUT2D eigenvalue weighted by Crippen LogP contribution is -2.44. The second kappa shape index (κ2) is 16.4. The van der Waals surface area contributed by atoms with Crippen LogP contribution in [0.3, 0.4) is 0 Å². The number of aliphatic carboxylic acids is 1. The first-order valence-electron chi connectivity index (χ1n) is 10.5. The van der Waals surface area contributed by atoms with Crippen molar-refractivity contribution >= 4 is 11.9 Å². The van der Waals surface area contributed by atoms with Gasteiger partial charge >= 0.3 is 5.97 Å². The van der Waals surface area contributed by atoms with Gasteiger partial charge in [-0.05, 0) is 12.3 Å². The number of amides is 1. The fourth-order valence-corrected chi connectivity index (χ4v) is 3.06. The molecule has 0 spiro atoms. The van der Waals surface area contributed by atoms with E-state index >= 15 is 0 Å². The van der Waals surface area contributed by atoms with Crippen LogP contribution in [0.5, 0.6) is 0 Å². The van der Waals surface area contributed by atoms with E-state index < -0.39 is 12.0 Å². The normalized spacial score (nSPS) is 12.3. The monoisotopic (exact) mass is 355 g/mol. The van der Waals surface area contributed by atoms with Crippen molar-refractivity contribution in [3.8, 4) is 0 Å². The van der Waals surface area contributed by atoms with E-state index in [2.05, 4.69) is 12.2 Å². The standard InChI is InChI=1S/C21H41NO3/c1-4-5-6-7-8-9-10-11-12-13-14-15-16-17-19(23)22-20(18(2)3)21(24)25/h18,20H,4-17H2,1-3H3,(H,22,23)(H,24,25)/t20-/m0/s1. The summed E-state index contributed by atoms with van der Waals surface area (Å²) in [5.74, 6) is -1.18. The number of hydrogen-bond donors (Lipinski definition) is 2. The number of unbranched alkanes of at least 4 members (excludes halogenated alkanes) is 12. The van der Waals surface area contributed by atoms with Crippen LogP contribution >= 0.6 is 0 Å². The van der Waals surface area contributed by atoms with Gasteiger partial charge in [-0.25, -0.2) is 4.79 Å². The second-order valence-corrected chi connectivity index (χ2v) is 7.62. The van der Waals surface area contributed by atoms with Crippen molar-refractivity contribution in [2.24, 2.45) is 5.92 Å². The van der Waals surface area contributed by atoms with E-state index in [0.717, 1.165) is 12.8 Å². The lowest BCUT2D eigenvalue weighted by Gasteiger charge is -2.17. The van der Waals surface area contributed by atoms with E-state index in [0.29, 0.717) is 6.42 Å². The Bertz CT molecular complexity index is 342. The van der Waals surface area contributed by atoms with Gasteiger partial charge in [0.25, 0.3) is 0 Å². The first-order chi connectivity index (χ1) is 12.0. The number of nitrogens with one attached hydrogen (secondary N) is 1. The zero-order valence-electron chi connectivity index (χ0n) is 16.8. The summed E-state index contributed by atoms with van der Waals surface area (Å²) in [5, 5.41) is 11.7. The van der Waals surface area contributed by atoms with Crippen LogP contribution in [0.1, 0.15) is 111 Å². The highest BCUT2D eigenvalue weighted by Gasteiger charge is 2.22. The van der Waals surface area contributed by atoms with Crippen LogP contribution < -0.4 is 5.32 Å². The van der Waals surface area contributed by atoms with Crippen molar-refractivity contribution in [1.29, 1.82) is 0 Å². The first-order valence-corrected chi connectivity index (χ1v) is 10.5. The van der Waals surface area contributed by atoms with Gasteiger partial charge in [0.2, 0.25) is 5.91 Å². The van der Waals surface area contributed by atoms with Crippen LogP contribution in [0.25, 0.3) is 0 Å². The molecule has 0 fully saturated rings. The minimum atomic E-state index is -0.950. The summed E-state index contributed by atoms with van der Waals surface area (Å²) in [6.45, 7) is 5.87.